The highest BCUT2D eigenvalue weighted by Crippen LogP contribution is 2.37. The Bertz CT molecular complexity index is 923. The maximum atomic E-state index is 11.6. The molecule has 2 N–H and O–H groups in total. The van der Waals surface area contributed by atoms with E-state index in [0.717, 1.165) is 31.5 Å². The first-order valence-electron chi connectivity index (χ1n) is 7.74. The van der Waals surface area contributed by atoms with Crippen molar-refractivity contribution >= 4 is 16.7 Å². The summed E-state index contributed by atoms with van der Waals surface area (Å²) in [5.74, 6) is 0. The lowest BCUT2D eigenvalue weighted by Crippen LogP contribution is -2.33. The zero-order valence-electron chi connectivity index (χ0n) is 12.4. The third-order valence-electron chi connectivity index (χ3n) is 4.95. The maximum Gasteiger partial charge on any atom is 0.314 e. The summed E-state index contributed by atoms with van der Waals surface area (Å²) >= 11 is 0. The normalized spacial score (nSPS) is 21.0. The Morgan fingerprint density at radius 1 is 1.09 bits per heavy atom. The monoisotopic (exact) mass is 316 g/mol. The lowest BCUT2D eigenvalue weighted by molar-refractivity contribution is -0.385. The molecule has 2 aromatic rings. The minimum atomic E-state index is -0.791. The van der Waals surface area contributed by atoms with Gasteiger partial charge in [-0.1, -0.05) is 0 Å². The van der Waals surface area contributed by atoms with E-state index in [2.05, 4.69) is 14.9 Å². The summed E-state index contributed by atoms with van der Waals surface area (Å²) in [6.07, 6.45) is 3.58. The van der Waals surface area contributed by atoms with Crippen LogP contribution in [-0.4, -0.2) is 38.9 Å². The number of aromatic amines is 2. The molecule has 2 heterocycles. The number of nitro groups is 1. The fourth-order valence-electron chi connectivity index (χ4n) is 3.88. The van der Waals surface area contributed by atoms with Gasteiger partial charge in [0.05, 0.1) is 16.0 Å². The van der Waals surface area contributed by atoms with Gasteiger partial charge in [-0.05, 0) is 44.3 Å². The molecule has 0 spiro atoms. The molecule has 120 valence electrons. The van der Waals surface area contributed by atoms with E-state index in [9.17, 15) is 19.7 Å². The first kappa shape index (κ1) is 14.1. The zero-order valence-corrected chi connectivity index (χ0v) is 12.4. The highest BCUT2D eigenvalue weighted by atomic mass is 16.6. The fourth-order valence-corrected chi connectivity index (χ4v) is 3.88. The van der Waals surface area contributed by atoms with Gasteiger partial charge in [0.2, 0.25) is 0 Å². The molecule has 2 aliphatic rings. The number of fused-ring (bicyclic) bond motifs is 3. The van der Waals surface area contributed by atoms with Crippen LogP contribution in [0.3, 0.4) is 0 Å². The number of likely N-dealkylation sites (tertiary alicyclic amines) is 1. The van der Waals surface area contributed by atoms with Gasteiger partial charge in [0.25, 0.3) is 5.69 Å². The molecular formula is C15H16N4O4. The van der Waals surface area contributed by atoms with Crippen molar-refractivity contribution in [2.24, 2.45) is 0 Å². The van der Waals surface area contributed by atoms with Crippen molar-refractivity contribution in [1.82, 2.24) is 14.9 Å². The smallest absolute Gasteiger partial charge is 0.314 e. The van der Waals surface area contributed by atoms with Crippen molar-refractivity contribution in [3.05, 3.63) is 48.0 Å². The van der Waals surface area contributed by atoms with Crippen LogP contribution in [-0.2, 0) is 12.8 Å². The molecule has 1 unspecified atom stereocenters. The molecule has 1 fully saturated rings. The molecule has 8 nitrogen and oxygen atoms in total. The summed E-state index contributed by atoms with van der Waals surface area (Å²) in [6.45, 7) is 2.02. The van der Waals surface area contributed by atoms with Gasteiger partial charge in [-0.2, -0.15) is 0 Å². The van der Waals surface area contributed by atoms with E-state index in [-0.39, 0.29) is 11.7 Å². The Kier molecular flexibility index (Phi) is 3.08. The molecule has 8 heteroatoms. The SMILES string of the molecule is O=c1[nH]c2cc([N+](=O)[O-])c3c(c2[nH]c1=O)CC(N1CCCC1)C3. The van der Waals surface area contributed by atoms with Gasteiger partial charge in [0, 0.05) is 17.7 Å². The second-order valence-corrected chi connectivity index (χ2v) is 6.25. The van der Waals surface area contributed by atoms with Crippen molar-refractivity contribution in [2.75, 3.05) is 13.1 Å². The topological polar surface area (TPSA) is 112 Å². The van der Waals surface area contributed by atoms with E-state index < -0.39 is 16.0 Å². The number of nitro benzene ring substituents is 1. The molecule has 23 heavy (non-hydrogen) atoms. The van der Waals surface area contributed by atoms with E-state index in [1.54, 1.807) is 0 Å². The molecular weight excluding hydrogens is 300 g/mol. The van der Waals surface area contributed by atoms with Crippen molar-refractivity contribution in [2.45, 2.75) is 31.7 Å². The molecule has 1 aliphatic carbocycles. The van der Waals surface area contributed by atoms with Crippen molar-refractivity contribution < 1.29 is 4.92 Å². The van der Waals surface area contributed by atoms with Crippen LogP contribution >= 0.6 is 0 Å². The molecule has 0 bridgehead atoms. The number of H-pyrrole nitrogens is 2. The second-order valence-electron chi connectivity index (χ2n) is 6.25. The van der Waals surface area contributed by atoms with Crippen molar-refractivity contribution in [3.63, 3.8) is 0 Å². The van der Waals surface area contributed by atoms with Crippen LogP contribution in [0, 0.1) is 10.1 Å². The first-order valence-corrected chi connectivity index (χ1v) is 7.74. The molecule has 4 rings (SSSR count). The zero-order chi connectivity index (χ0) is 16.1. The van der Waals surface area contributed by atoms with Gasteiger partial charge in [0.15, 0.2) is 0 Å². The Labute approximate surface area is 130 Å². The lowest BCUT2D eigenvalue weighted by Gasteiger charge is -2.22. The summed E-state index contributed by atoms with van der Waals surface area (Å²) in [6, 6.07) is 1.59. The number of benzene rings is 1. The quantitative estimate of drug-likeness (QED) is 0.481. The third kappa shape index (κ3) is 2.17. The van der Waals surface area contributed by atoms with Gasteiger partial charge in [-0.15, -0.1) is 0 Å². The molecule has 1 aliphatic heterocycles. The van der Waals surface area contributed by atoms with Gasteiger partial charge >= 0.3 is 11.1 Å². The van der Waals surface area contributed by atoms with Crippen LogP contribution in [0.4, 0.5) is 5.69 Å². The molecule has 0 radical (unpaired) electrons. The second kappa shape index (κ2) is 5.02. The third-order valence-corrected chi connectivity index (χ3v) is 4.95. The standard InChI is InChI=1S/C15H16N4O4/c20-14-15(21)17-13-10-6-8(18-3-1-2-4-18)5-9(10)12(19(22)23)7-11(13)16-14/h7-8H,1-6H2,(H,16,20)(H,17,21). The van der Waals surface area contributed by atoms with Gasteiger partial charge in [0.1, 0.15) is 0 Å². The van der Waals surface area contributed by atoms with E-state index in [1.807, 2.05) is 0 Å². The maximum absolute atomic E-state index is 11.6. The Hall–Kier alpha value is -2.48. The molecule has 0 saturated carbocycles. The largest absolute Gasteiger partial charge is 0.316 e. The average molecular weight is 316 g/mol. The average Bonchev–Trinajstić information content (AvgIpc) is 3.16. The number of aromatic nitrogens is 2. The summed E-state index contributed by atoms with van der Waals surface area (Å²) in [5.41, 5.74) is 0.830. The number of nitrogens with one attached hydrogen (secondary N) is 2. The van der Waals surface area contributed by atoms with Gasteiger partial charge in [-0.25, -0.2) is 0 Å². The van der Waals surface area contributed by atoms with Gasteiger partial charge < -0.3 is 9.97 Å². The molecule has 1 atom stereocenters. The number of hydrogen-bond acceptors (Lipinski definition) is 5. The van der Waals surface area contributed by atoms with E-state index >= 15 is 0 Å². The summed E-state index contributed by atoms with van der Waals surface area (Å²) in [4.78, 5) is 41.6. The molecule has 1 saturated heterocycles. The molecule has 1 aromatic carbocycles. The van der Waals surface area contributed by atoms with Crippen molar-refractivity contribution in [3.8, 4) is 0 Å². The van der Waals surface area contributed by atoms with Crippen LogP contribution in [0.2, 0.25) is 0 Å². The predicted octanol–water partition coefficient (Wildman–Crippen LogP) is 0.688. The Morgan fingerprint density at radius 3 is 2.43 bits per heavy atom. The Morgan fingerprint density at radius 2 is 1.74 bits per heavy atom. The highest BCUT2D eigenvalue weighted by molar-refractivity contribution is 5.83. The van der Waals surface area contributed by atoms with Crippen molar-refractivity contribution in [1.29, 1.82) is 0 Å². The fraction of sp³-hybridized carbons (Fsp3) is 0.467. The van der Waals surface area contributed by atoms with Crippen LogP contribution < -0.4 is 11.1 Å². The van der Waals surface area contributed by atoms with E-state index in [0.29, 0.717) is 29.4 Å². The number of nitrogens with zero attached hydrogens (tertiary/aromatic N) is 2. The Balaban J connectivity index is 1.91. The van der Waals surface area contributed by atoms with E-state index in [1.165, 1.54) is 6.07 Å². The van der Waals surface area contributed by atoms with E-state index in [4.69, 9.17) is 0 Å². The lowest BCUT2D eigenvalue weighted by atomic mass is 10.1. The van der Waals surface area contributed by atoms with Crippen LogP contribution in [0.25, 0.3) is 11.0 Å². The molecule has 0 amide bonds. The van der Waals surface area contributed by atoms with Crippen LogP contribution in [0.15, 0.2) is 15.7 Å². The minimum absolute atomic E-state index is 0.0249. The van der Waals surface area contributed by atoms with Gasteiger partial charge in [-0.3, -0.25) is 24.6 Å². The minimum Gasteiger partial charge on any atom is -0.316 e. The predicted molar refractivity (Wildman–Crippen MR) is 83.8 cm³/mol. The summed E-state index contributed by atoms with van der Waals surface area (Å²) < 4.78 is 0. The molecule has 1 aromatic heterocycles. The summed E-state index contributed by atoms with van der Waals surface area (Å²) in [7, 11) is 0. The van der Waals surface area contributed by atoms with Crippen LogP contribution in [0.1, 0.15) is 24.0 Å². The number of hydrogen-bond donors (Lipinski definition) is 2. The van der Waals surface area contributed by atoms with Crippen LogP contribution in [0.5, 0.6) is 0 Å². The summed E-state index contributed by atoms with van der Waals surface area (Å²) in [5, 5.41) is 11.4. The number of rotatable bonds is 2. The first-order chi connectivity index (χ1) is 11.0. The highest BCUT2D eigenvalue weighted by Gasteiger charge is 2.35.